The number of carbonyl (C=O) groups is 2. The molecule has 0 aliphatic rings. The number of benzene rings is 4. The van der Waals surface area contributed by atoms with Gasteiger partial charge in [0.15, 0.2) is 0 Å². The second kappa shape index (κ2) is 10.9. The Morgan fingerprint density at radius 2 is 1.37 bits per heavy atom. The molecule has 0 heterocycles. The lowest BCUT2D eigenvalue weighted by atomic mass is 9.96. The van der Waals surface area contributed by atoms with Crippen molar-refractivity contribution >= 4 is 23.3 Å². The normalized spacial score (nSPS) is 11.3. The summed E-state index contributed by atoms with van der Waals surface area (Å²) < 4.78 is 0. The van der Waals surface area contributed by atoms with Crippen molar-refractivity contribution in [1.29, 1.82) is 5.41 Å². The molecule has 4 aromatic carbocycles. The zero-order chi connectivity index (χ0) is 24.6. The minimum atomic E-state index is -1.03. The molecule has 0 bridgehead atoms. The number of hydrogen-bond donors (Lipinski definition) is 4. The van der Waals surface area contributed by atoms with Crippen LogP contribution in [0.5, 0.6) is 0 Å². The number of amides is 2. The third kappa shape index (κ3) is 6.00. The monoisotopic (exact) mass is 462 g/mol. The zero-order valence-corrected chi connectivity index (χ0v) is 19.1. The van der Waals surface area contributed by atoms with E-state index in [1.807, 2.05) is 60.7 Å². The average molecular weight is 463 g/mol. The van der Waals surface area contributed by atoms with E-state index in [0.29, 0.717) is 23.4 Å². The van der Waals surface area contributed by atoms with Crippen molar-refractivity contribution in [3.05, 3.63) is 126 Å². The highest BCUT2D eigenvalue weighted by Crippen LogP contribution is 2.22. The number of nitrogen functional groups attached to an aromatic ring is 1. The third-order valence-corrected chi connectivity index (χ3v) is 5.62. The van der Waals surface area contributed by atoms with Gasteiger partial charge in [-0.1, -0.05) is 78.9 Å². The second-order valence-electron chi connectivity index (χ2n) is 8.11. The van der Waals surface area contributed by atoms with E-state index in [1.54, 1.807) is 48.5 Å². The van der Waals surface area contributed by atoms with Crippen LogP contribution in [0.1, 0.15) is 22.6 Å². The molecule has 1 unspecified atom stereocenters. The summed E-state index contributed by atoms with van der Waals surface area (Å²) >= 11 is 0. The van der Waals surface area contributed by atoms with Crippen molar-refractivity contribution in [2.24, 2.45) is 5.73 Å². The van der Waals surface area contributed by atoms with E-state index >= 15 is 0 Å². The van der Waals surface area contributed by atoms with Gasteiger partial charge in [0, 0.05) is 17.8 Å². The van der Waals surface area contributed by atoms with Crippen LogP contribution in [0.15, 0.2) is 109 Å². The highest BCUT2D eigenvalue weighted by atomic mass is 16.2. The van der Waals surface area contributed by atoms with Gasteiger partial charge in [0.2, 0.25) is 11.8 Å². The van der Waals surface area contributed by atoms with Gasteiger partial charge in [0.05, 0.1) is 0 Å². The molecule has 1 atom stereocenters. The molecular formula is C29H26N4O2. The van der Waals surface area contributed by atoms with Crippen LogP contribution in [0.25, 0.3) is 11.1 Å². The van der Waals surface area contributed by atoms with Gasteiger partial charge < -0.3 is 16.4 Å². The molecule has 4 rings (SSSR count). The Hall–Kier alpha value is -4.71. The SMILES string of the molecule is N=C(N)c1ccc(NC(=O)C(C(=O)NCc2cccc(-c3ccccc3)c2)c2ccccc2)cc1. The summed E-state index contributed by atoms with van der Waals surface area (Å²) in [5.41, 5.74) is 10.3. The first-order valence-corrected chi connectivity index (χ1v) is 11.2. The summed E-state index contributed by atoms with van der Waals surface area (Å²) in [5, 5.41) is 13.2. The lowest BCUT2D eigenvalue weighted by molar-refractivity contribution is -0.129. The molecular weight excluding hydrogens is 436 g/mol. The van der Waals surface area contributed by atoms with Crippen LogP contribution in [0.4, 0.5) is 5.69 Å². The predicted octanol–water partition coefficient (Wildman–Crippen LogP) is 4.68. The van der Waals surface area contributed by atoms with Gasteiger partial charge in [0.1, 0.15) is 11.8 Å². The zero-order valence-electron chi connectivity index (χ0n) is 19.1. The smallest absolute Gasteiger partial charge is 0.241 e. The Morgan fingerprint density at radius 3 is 2.03 bits per heavy atom. The number of carbonyl (C=O) groups excluding carboxylic acids is 2. The molecule has 6 nitrogen and oxygen atoms in total. The second-order valence-corrected chi connectivity index (χ2v) is 8.11. The number of amidine groups is 1. The molecule has 0 spiro atoms. The molecule has 0 fully saturated rings. The number of rotatable bonds is 8. The van der Waals surface area contributed by atoms with Crippen molar-refractivity contribution in [3.8, 4) is 11.1 Å². The Kier molecular flexibility index (Phi) is 7.33. The lowest BCUT2D eigenvalue weighted by Gasteiger charge is -2.18. The van der Waals surface area contributed by atoms with E-state index in [1.165, 1.54) is 0 Å². The van der Waals surface area contributed by atoms with E-state index in [-0.39, 0.29) is 11.7 Å². The van der Waals surface area contributed by atoms with E-state index in [2.05, 4.69) is 10.6 Å². The first-order chi connectivity index (χ1) is 17.0. The van der Waals surface area contributed by atoms with Gasteiger partial charge >= 0.3 is 0 Å². The Bertz CT molecular complexity index is 1320. The average Bonchev–Trinajstić information content (AvgIpc) is 2.89. The van der Waals surface area contributed by atoms with Gasteiger partial charge in [0.25, 0.3) is 0 Å². The Balaban J connectivity index is 1.49. The van der Waals surface area contributed by atoms with Crippen LogP contribution in [0.3, 0.4) is 0 Å². The molecule has 0 aliphatic carbocycles. The maximum absolute atomic E-state index is 13.2. The highest BCUT2D eigenvalue weighted by molar-refractivity contribution is 6.11. The first-order valence-electron chi connectivity index (χ1n) is 11.2. The van der Waals surface area contributed by atoms with Gasteiger partial charge in [-0.05, 0) is 52.6 Å². The van der Waals surface area contributed by atoms with Crippen LogP contribution >= 0.6 is 0 Å². The molecule has 0 saturated heterocycles. The fourth-order valence-corrected chi connectivity index (χ4v) is 3.80. The molecule has 0 saturated carbocycles. The fraction of sp³-hybridized carbons (Fsp3) is 0.0690. The van der Waals surface area contributed by atoms with Crippen molar-refractivity contribution in [3.63, 3.8) is 0 Å². The van der Waals surface area contributed by atoms with Crippen LogP contribution in [-0.2, 0) is 16.1 Å². The molecule has 5 N–H and O–H groups in total. The maximum atomic E-state index is 13.2. The summed E-state index contributed by atoms with van der Waals surface area (Å²) in [4.78, 5) is 26.4. The molecule has 4 aromatic rings. The number of nitrogens with two attached hydrogens (primary N) is 1. The molecule has 6 heteroatoms. The summed E-state index contributed by atoms with van der Waals surface area (Å²) in [7, 11) is 0. The van der Waals surface area contributed by atoms with Gasteiger partial charge in [-0.3, -0.25) is 15.0 Å². The summed E-state index contributed by atoms with van der Waals surface area (Å²) in [6.07, 6.45) is 0. The topological polar surface area (TPSA) is 108 Å². The van der Waals surface area contributed by atoms with Gasteiger partial charge in [-0.15, -0.1) is 0 Å². The Morgan fingerprint density at radius 1 is 0.743 bits per heavy atom. The van der Waals surface area contributed by atoms with E-state index in [9.17, 15) is 9.59 Å². The van der Waals surface area contributed by atoms with Crippen molar-refractivity contribution in [2.45, 2.75) is 12.5 Å². The number of anilines is 1. The minimum Gasteiger partial charge on any atom is -0.384 e. The minimum absolute atomic E-state index is 0.0549. The summed E-state index contributed by atoms with van der Waals surface area (Å²) in [6, 6.07) is 33.6. The standard InChI is InChI=1S/C29H26N4O2/c30-27(31)23-14-16-25(17-15-23)33-29(35)26(22-11-5-2-6-12-22)28(34)32-19-20-8-7-13-24(18-20)21-9-3-1-4-10-21/h1-18,26H,19H2,(H3,30,31)(H,32,34)(H,33,35). The van der Waals surface area contributed by atoms with Crippen molar-refractivity contribution in [2.75, 3.05) is 5.32 Å². The molecule has 0 radical (unpaired) electrons. The van der Waals surface area contributed by atoms with E-state index in [4.69, 9.17) is 11.1 Å². The van der Waals surface area contributed by atoms with Crippen molar-refractivity contribution < 1.29 is 9.59 Å². The summed E-state index contributed by atoms with van der Waals surface area (Å²) in [6.45, 7) is 0.295. The first kappa shape index (κ1) is 23.4. The van der Waals surface area contributed by atoms with Gasteiger partial charge in [-0.25, -0.2) is 0 Å². The molecule has 0 aromatic heterocycles. The van der Waals surface area contributed by atoms with Gasteiger partial charge in [-0.2, -0.15) is 0 Å². The molecule has 35 heavy (non-hydrogen) atoms. The quantitative estimate of drug-likeness (QED) is 0.173. The van der Waals surface area contributed by atoms with Crippen LogP contribution < -0.4 is 16.4 Å². The number of nitrogens with one attached hydrogen (secondary N) is 3. The number of hydrogen-bond acceptors (Lipinski definition) is 3. The van der Waals surface area contributed by atoms with Crippen LogP contribution in [0, 0.1) is 5.41 Å². The van der Waals surface area contributed by atoms with Crippen LogP contribution in [-0.4, -0.2) is 17.6 Å². The largest absolute Gasteiger partial charge is 0.384 e. The molecule has 0 aliphatic heterocycles. The van der Waals surface area contributed by atoms with E-state index < -0.39 is 11.8 Å². The van der Waals surface area contributed by atoms with E-state index in [0.717, 1.165) is 16.7 Å². The third-order valence-electron chi connectivity index (χ3n) is 5.62. The maximum Gasteiger partial charge on any atom is 0.241 e. The van der Waals surface area contributed by atoms with Crippen molar-refractivity contribution in [1.82, 2.24) is 5.32 Å². The molecule has 174 valence electrons. The predicted molar refractivity (Wildman–Crippen MR) is 139 cm³/mol. The highest BCUT2D eigenvalue weighted by Gasteiger charge is 2.28. The fourth-order valence-electron chi connectivity index (χ4n) is 3.80. The molecule has 2 amide bonds. The lowest BCUT2D eigenvalue weighted by Crippen LogP contribution is -2.36. The summed E-state index contributed by atoms with van der Waals surface area (Å²) in [5.74, 6) is -1.91. The Labute approximate surface area is 204 Å². The van der Waals surface area contributed by atoms with Crippen LogP contribution in [0.2, 0.25) is 0 Å².